The second kappa shape index (κ2) is 6.22. The van der Waals surface area contributed by atoms with Gasteiger partial charge in [-0.3, -0.25) is 9.78 Å². The highest BCUT2D eigenvalue weighted by atomic mass is 16.5. The molecule has 1 amide bonds. The third kappa shape index (κ3) is 3.15. The van der Waals surface area contributed by atoms with Crippen molar-refractivity contribution in [3.63, 3.8) is 0 Å². The maximum atomic E-state index is 12.3. The minimum Gasteiger partial charge on any atom is -0.361 e. The fourth-order valence-electron chi connectivity index (χ4n) is 1.98. The summed E-state index contributed by atoms with van der Waals surface area (Å²) in [5, 5.41) is 6.52. The maximum Gasteiger partial charge on any atom is 0.278 e. The molecule has 1 N–H and O–H groups in total. The topological polar surface area (TPSA) is 97.0 Å². The largest absolute Gasteiger partial charge is 0.361 e. The Balaban J connectivity index is 1.81. The summed E-state index contributed by atoms with van der Waals surface area (Å²) < 4.78 is 5.19. The van der Waals surface area contributed by atoms with Crippen molar-refractivity contribution in [3.8, 4) is 11.3 Å². The lowest BCUT2D eigenvalue weighted by molar-refractivity contribution is 0.101. The third-order valence-electron chi connectivity index (χ3n) is 3.05. The van der Waals surface area contributed by atoms with Crippen molar-refractivity contribution in [1.29, 1.82) is 0 Å². The highest BCUT2D eigenvalue weighted by molar-refractivity contribution is 6.04. The quantitative estimate of drug-likeness (QED) is 0.785. The molecule has 8 nitrogen and oxygen atoms in total. The van der Waals surface area contributed by atoms with Gasteiger partial charge in [0.05, 0.1) is 6.20 Å². The highest BCUT2D eigenvalue weighted by Gasteiger charge is 2.16. The van der Waals surface area contributed by atoms with Crippen LogP contribution < -0.4 is 10.2 Å². The lowest BCUT2D eigenvalue weighted by Gasteiger charge is -2.15. The summed E-state index contributed by atoms with van der Waals surface area (Å²) in [5.41, 5.74) is 1.40. The molecule has 0 unspecified atom stereocenters. The van der Waals surface area contributed by atoms with Crippen molar-refractivity contribution >= 4 is 17.4 Å². The van der Waals surface area contributed by atoms with Crippen LogP contribution in [0.4, 0.5) is 11.5 Å². The fraction of sp³-hybridized carbons (Fsp3) is 0.133. The molecule has 116 valence electrons. The standard InChI is InChI=1S/C15H14N6O2/c1-21(2)14-12(8-17-9-18-14)19-15(22)11-6-13(23-20-11)10-4-3-5-16-7-10/h3-9H,1-2H3,(H,19,22). The summed E-state index contributed by atoms with van der Waals surface area (Å²) in [7, 11) is 3.66. The van der Waals surface area contributed by atoms with Crippen LogP contribution in [0.3, 0.4) is 0 Å². The predicted molar refractivity (Wildman–Crippen MR) is 84.0 cm³/mol. The van der Waals surface area contributed by atoms with Crippen LogP contribution >= 0.6 is 0 Å². The second-order valence-electron chi connectivity index (χ2n) is 4.93. The van der Waals surface area contributed by atoms with Crippen molar-refractivity contribution < 1.29 is 9.32 Å². The molecule has 23 heavy (non-hydrogen) atoms. The van der Waals surface area contributed by atoms with Crippen molar-refractivity contribution in [2.45, 2.75) is 0 Å². The number of carbonyl (C=O) groups is 1. The highest BCUT2D eigenvalue weighted by Crippen LogP contribution is 2.22. The number of aromatic nitrogens is 4. The lowest BCUT2D eigenvalue weighted by atomic mass is 10.2. The molecule has 0 fully saturated rings. The van der Waals surface area contributed by atoms with Crippen molar-refractivity contribution in [2.24, 2.45) is 0 Å². The number of pyridine rings is 1. The SMILES string of the molecule is CN(C)c1ncncc1NC(=O)c1cc(-c2cccnc2)on1. The monoisotopic (exact) mass is 310 g/mol. The van der Waals surface area contributed by atoms with Crippen LogP contribution in [-0.4, -0.2) is 40.1 Å². The first-order valence-electron chi connectivity index (χ1n) is 6.81. The van der Waals surface area contributed by atoms with E-state index in [9.17, 15) is 4.79 Å². The Morgan fingerprint density at radius 3 is 2.87 bits per heavy atom. The van der Waals surface area contributed by atoms with Gasteiger partial charge in [0.15, 0.2) is 17.3 Å². The zero-order valence-corrected chi connectivity index (χ0v) is 12.6. The van der Waals surface area contributed by atoms with Crippen LogP contribution in [0.25, 0.3) is 11.3 Å². The summed E-state index contributed by atoms with van der Waals surface area (Å²) in [6.45, 7) is 0. The molecule has 3 aromatic rings. The molecule has 3 aromatic heterocycles. The number of hydrogen-bond donors (Lipinski definition) is 1. The van der Waals surface area contributed by atoms with E-state index in [0.717, 1.165) is 5.56 Å². The van der Waals surface area contributed by atoms with E-state index in [1.54, 1.807) is 29.4 Å². The maximum absolute atomic E-state index is 12.3. The van der Waals surface area contributed by atoms with Crippen LogP contribution in [0, 0.1) is 0 Å². The van der Waals surface area contributed by atoms with E-state index in [2.05, 4.69) is 25.4 Å². The van der Waals surface area contributed by atoms with Crippen LogP contribution in [0.15, 0.2) is 47.6 Å². The number of nitrogens with one attached hydrogen (secondary N) is 1. The summed E-state index contributed by atoms with van der Waals surface area (Å²) in [6, 6.07) is 5.16. The Morgan fingerprint density at radius 1 is 1.26 bits per heavy atom. The number of anilines is 2. The molecule has 3 heterocycles. The molecule has 0 bridgehead atoms. The van der Waals surface area contributed by atoms with Gasteiger partial charge in [-0.05, 0) is 12.1 Å². The molecule has 0 spiro atoms. The summed E-state index contributed by atoms with van der Waals surface area (Å²) in [5.74, 6) is 0.673. The molecule has 0 atom stereocenters. The van der Waals surface area contributed by atoms with Gasteiger partial charge in [-0.25, -0.2) is 9.97 Å². The molecular formula is C15H14N6O2. The Morgan fingerprint density at radius 2 is 2.13 bits per heavy atom. The molecule has 0 aliphatic rings. The van der Waals surface area contributed by atoms with Gasteiger partial charge in [-0.15, -0.1) is 0 Å². The van der Waals surface area contributed by atoms with E-state index in [1.807, 2.05) is 20.2 Å². The van der Waals surface area contributed by atoms with Gasteiger partial charge >= 0.3 is 0 Å². The van der Waals surface area contributed by atoms with Crippen molar-refractivity contribution in [1.82, 2.24) is 20.1 Å². The normalized spacial score (nSPS) is 10.3. The lowest BCUT2D eigenvalue weighted by Crippen LogP contribution is -2.18. The van der Waals surface area contributed by atoms with Gasteiger partial charge in [-0.2, -0.15) is 0 Å². The Kier molecular flexibility index (Phi) is 3.96. The minimum atomic E-state index is -0.401. The van der Waals surface area contributed by atoms with E-state index in [0.29, 0.717) is 17.3 Å². The third-order valence-corrected chi connectivity index (χ3v) is 3.05. The van der Waals surface area contributed by atoms with Gasteiger partial charge in [0.2, 0.25) is 0 Å². The summed E-state index contributed by atoms with van der Waals surface area (Å²) >= 11 is 0. The molecule has 0 saturated heterocycles. The first-order valence-corrected chi connectivity index (χ1v) is 6.81. The average molecular weight is 310 g/mol. The van der Waals surface area contributed by atoms with Crippen LogP contribution in [0.2, 0.25) is 0 Å². The van der Waals surface area contributed by atoms with E-state index in [-0.39, 0.29) is 5.69 Å². The van der Waals surface area contributed by atoms with Gasteiger partial charge in [0.25, 0.3) is 5.91 Å². The smallest absolute Gasteiger partial charge is 0.278 e. The Labute approximate surface area is 132 Å². The van der Waals surface area contributed by atoms with E-state index < -0.39 is 5.91 Å². The number of nitrogens with zero attached hydrogens (tertiary/aromatic N) is 5. The summed E-state index contributed by atoms with van der Waals surface area (Å²) in [4.78, 5) is 26.1. The van der Waals surface area contributed by atoms with E-state index >= 15 is 0 Å². The predicted octanol–water partition coefficient (Wildman–Crippen LogP) is 1.84. The van der Waals surface area contributed by atoms with Gasteiger partial charge < -0.3 is 14.7 Å². The van der Waals surface area contributed by atoms with Gasteiger partial charge in [0.1, 0.15) is 12.0 Å². The number of carbonyl (C=O) groups excluding carboxylic acids is 1. The number of amides is 1. The second-order valence-corrected chi connectivity index (χ2v) is 4.93. The molecule has 3 rings (SSSR count). The van der Waals surface area contributed by atoms with E-state index in [4.69, 9.17) is 4.52 Å². The first-order chi connectivity index (χ1) is 11.1. The van der Waals surface area contributed by atoms with Gasteiger partial charge in [0, 0.05) is 38.1 Å². The number of rotatable bonds is 4. The summed E-state index contributed by atoms with van der Waals surface area (Å²) in [6.07, 6.45) is 6.24. The molecule has 0 aromatic carbocycles. The Bertz CT molecular complexity index is 816. The zero-order chi connectivity index (χ0) is 16.2. The van der Waals surface area contributed by atoms with Crippen LogP contribution in [-0.2, 0) is 0 Å². The minimum absolute atomic E-state index is 0.164. The fourth-order valence-corrected chi connectivity index (χ4v) is 1.98. The molecule has 0 radical (unpaired) electrons. The zero-order valence-electron chi connectivity index (χ0n) is 12.6. The van der Waals surface area contributed by atoms with Crippen molar-refractivity contribution in [3.05, 3.63) is 48.8 Å². The van der Waals surface area contributed by atoms with Crippen LogP contribution in [0.1, 0.15) is 10.5 Å². The van der Waals surface area contributed by atoms with E-state index in [1.165, 1.54) is 12.5 Å². The van der Waals surface area contributed by atoms with Crippen molar-refractivity contribution in [2.75, 3.05) is 24.3 Å². The molecule has 0 saturated carbocycles. The first kappa shape index (κ1) is 14.6. The molecule has 0 aliphatic carbocycles. The molecule has 0 aliphatic heterocycles. The van der Waals surface area contributed by atoms with Gasteiger partial charge in [-0.1, -0.05) is 5.16 Å². The Hall–Kier alpha value is -3.29. The molecular weight excluding hydrogens is 296 g/mol. The average Bonchev–Trinajstić information content (AvgIpc) is 3.06. The molecule has 8 heteroatoms. The number of hydrogen-bond acceptors (Lipinski definition) is 7. The van der Waals surface area contributed by atoms with Crippen LogP contribution in [0.5, 0.6) is 0 Å².